The average Bonchev–Trinajstić information content (AvgIpc) is 3.46. The van der Waals surface area contributed by atoms with Crippen LogP contribution in [-0.4, -0.2) is 75.1 Å². The second kappa shape index (κ2) is 11.8. The maximum Gasteiger partial charge on any atom is 0.495 e. The summed E-state index contributed by atoms with van der Waals surface area (Å²) < 4.78 is 11.9. The quantitative estimate of drug-likeness (QED) is 0.194. The van der Waals surface area contributed by atoms with E-state index in [2.05, 4.69) is 42.5 Å². The number of para-hydroxylation sites is 1. The SMILES string of the molecule is OCC1(CO)OB(c2ccc(-c3ccc(-c4nc(-c5ccccc5)c5ccccc5n4)c4ccccc34)cc2)OC1(CO)CO. The number of fused-ring (bicyclic) bond motifs is 2. The number of rotatable bonds is 8. The number of aliphatic hydroxyl groups excluding tert-OH is 4. The van der Waals surface area contributed by atoms with Crippen molar-refractivity contribution in [2.45, 2.75) is 11.2 Å². The average molecular weight is 598 g/mol. The first kappa shape index (κ1) is 29.2. The molecule has 0 spiro atoms. The number of aliphatic hydroxyl groups is 4. The fourth-order valence-electron chi connectivity index (χ4n) is 6.19. The smallest absolute Gasteiger partial charge is 0.394 e. The van der Waals surface area contributed by atoms with Crippen molar-refractivity contribution in [3.05, 3.63) is 115 Å². The van der Waals surface area contributed by atoms with Crippen LogP contribution in [0.15, 0.2) is 115 Å². The largest absolute Gasteiger partial charge is 0.495 e. The summed E-state index contributed by atoms with van der Waals surface area (Å²) in [6, 6.07) is 38.1. The van der Waals surface area contributed by atoms with E-state index in [1.54, 1.807) is 0 Å². The van der Waals surface area contributed by atoms with Gasteiger partial charge in [0.1, 0.15) is 11.2 Å². The van der Waals surface area contributed by atoms with Crippen LogP contribution in [0.4, 0.5) is 0 Å². The summed E-state index contributed by atoms with van der Waals surface area (Å²) >= 11 is 0. The molecule has 4 N–H and O–H groups in total. The number of aromatic nitrogens is 2. The molecule has 1 fully saturated rings. The number of hydrogen-bond donors (Lipinski definition) is 4. The molecule has 9 heteroatoms. The molecule has 0 bridgehead atoms. The Bertz CT molecular complexity index is 1960. The summed E-state index contributed by atoms with van der Waals surface area (Å²) in [7, 11) is -0.999. The molecule has 0 atom stereocenters. The van der Waals surface area contributed by atoms with E-state index in [1.165, 1.54) is 0 Å². The van der Waals surface area contributed by atoms with Gasteiger partial charge in [-0.2, -0.15) is 0 Å². The molecule has 1 saturated heterocycles. The molecule has 2 heterocycles. The van der Waals surface area contributed by atoms with Gasteiger partial charge < -0.3 is 29.7 Å². The zero-order valence-electron chi connectivity index (χ0n) is 24.4. The van der Waals surface area contributed by atoms with E-state index in [9.17, 15) is 20.4 Å². The fourth-order valence-corrected chi connectivity index (χ4v) is 6.19. The highest BCUT2D eigenvalue weighted by molar-refractivity contribution is 6.62. The predicted octanol–water partition coefficient (Wildman–Crippen LogP) is 3.97. The number of hydrogen-bond acceptors (Lipinski definition) is 8. The van der Waals surface area contributed by atoms with Crippen LogP contribution in [0.2, 0.25) is 0 Å². The Kier molecular flexibility index (Phi) is 7.67. The van der Waals surface area contributed by atoms with Crippen LogP contribution in [0.3, 0.4) is 0 Å². The van der Waals surface area contributed by atoms with E-state index >= 15 is 0 Å². The minimum atomic E-state index is -1.66. The van der Waals surface area contributed by atoms with E-state index < -0.39 is 44.7 Å². The van der Waals surface area contributed by atoms with Crippen molar-refractivity contribution in [2.75, 3.05) is 26.4 Å². The van der Waals surface area contributed by atoms with Crippen molar-refractivity contribution in [2.24, 2.45) is 0 Å². The maximum atomic E-state index is 10.0. The Labute approximate surface area is 260 Å². The summed E-state index contributed by atoms with van der Waals surface area (Å²) in [5.74, 6) is 0.647. The van der Waals surface area contributed by atoms with Gasteiger partial charge in [-0.25, -0.2) is 9.97 Å². The lowest BCUT2D eigenvalue weighted by atomic mass is 9.78. The topological polar surface area (TPSA) is 125 Å². The van der Waals surface area contributed by atoms with Crippen molar-refractivity contribution in [3.8, 4) is 33.8 Å². The summed E-state index contributed by atoms with van der Waals surface area (Å²) in [6.45, 7) is -2.53. The van der Waals surface area contributed by atoms with Crippen molar-refractivity contribution in [1.82, 2.24) is 9.97 Å². The molecule has 5 aromatic carbocycles. The summed E-state index contributed by atoms with van der Waals surface area (Å²) in [6.07, 6.45) is 0. The van der Waals surface area contributed by atoms with Crippen LogP contribution >= 0.6 is 0 Å². The van der Waals surface area contributed by atoms with Gasteiger partial charge in [0.05, 0.1) is 37.6 Å². The molecule has 45 heavy (non-hydrogen) atoms. The fraction of sp³-hybridized carbons (Fsp3) is 0.167. The Balaban J connectivity index is 1.28. The van der Waals surface area contributed by atoms with E-state index in [1.807, 2.05) is 72.8 Å². The first-order chi connectivity index (χ1) is 22.0. The maximum absolute atomic E-state index is 10.0. The van der Waals surface area contributed by atoms with Crippen LogP contribution < -0.4 is 5.46 Å². The minimum absolute atomic E-state index is 0.618. The van der Waals surface area contributed by atoms with E-state index in [4.69, 9.17) is 19.3 Å². The van der Waals surface area contributed by atoms with Crippen molar-refractivity contribution < 1.29 is 29.7 Å². The monoisotopic (exact) mass is 598 g/mol. The first-order valence-electron chi connectivity index (χ1n) is 14.8. The summed E-state index contributed by atoms with van der Waals surface area (Å²) in [5.41, 5.74) is 2.98. The van der Waals surface area contributed by atoms with Crippen molar-refractivity contribution in [3.63, 3.8) is 0 Å². The Morgan fingerprint density at radius 3 is 1.67 bits per heavy atom. The predicted molar refractivity (Wildman–Crippen MR) is 175 cm³/mol. The molecule has 8 nitrogen and oxygen atoms in total. The number of nitrogens with zero attached hydrogens (tertiary/aromatic N) is 2. The number of benzene rings is 5. The molecule has 1 aliphatic heterocycles. The Morgan fingerprint density at radius 1 is 0.511 bits per heavy atom. The van der Waals surface area contributed by atoms with Gasteiger partial charge in [-0.05, 0) is 39.5 Å². The molecule has 7 rings (SSSR count). The van der Waals surface area contributed by atoms with Crippen LogP contribution in [0.1, 0.15) is 0 Å². The van der Waals surface area contributed by atoms with Gasteiger partial charge in [-0.1, -0.05) is 103 Å². The van der Waals surface area contributed by atoms with Crippen molar-refractivity contribution >= 4 is 34.3 Å². The van der Waals surface area contributed by atoms with Gasteiger partial charge in [-0.3, -0.25) is 0 Å². The van der Waals surface area contributed by atoms with E-state index in [0.717, 1.165) is 49.6 Å². The van der Waals surface area contributed by atoms with Crippen LogP contribution in [-0.2, 0) is 9.31 Å². The van der Waals surface area contributed by atoms with Gasteiger partial charge in [0.15, 0.2) is 5.82 Å². The minimum Gasteiger partial charge on any atom is -0.394 e. The molecular weight excluding hydrogens is 567 g/mol. The lowest BCUT2D eigenvalue weighted by molar-refractivity contribution is -0.147. The second-order valence-corrected chi connectivity index (χ2v) is 11.3. The summed E-state index contributed by atoms with van der Waals surface area (Å²) in [5, 5.41) is 43.1. The molecule has 0 unspecified atom stereocenters. The lowest BCUT2D eigenvalue weighted by Gasteiger charge is -2.39. The Hall–Kier alpha value is -4.48. The molecular formula is C36H31BN2O6. The third kappa shape index (κ3) is 4.81. The van der Waals surface area contributed by atoms with Gasteiger partial charge in [0, 0.05) is 16.5 Å². The third-order valence-corrected chi connectivity index (χ3v) is 8.83. The zero-order valence-corrected chi connectivity index (χ0v) is 24.4. The van der Waals surface area contributed by atoms with Crippen LogP contribution in [0, 0.1) is 0 Å². The molecule has 0 saturated carbocycles. The third-order valence-electron chi connectivity index (χ3n) is 8.83. The van der Waals surface area contributed by atoms with Gasteiger partial charge in [-0.15, -0.1) is 0 Å². The second-order valence-electron chi connectivity index (χ2n) is 11.3. The molecule has 224 valence electrons. The van der Waals surface area contributed by atoms with E-state index in [-0.39, 0.29) is 0 Å². The van der Waals surface area contributed by atoms with Gasteiger partial charge in [0.25, 0.3) is 0 Å². The van der Waals surface area contributed by atoms with Crippen LogP contribution in [0.5, 0.6) is 0 Å². The van der Waals surface area contributed by atoms with Gasteiger partial charge >= 0.3 is 7.12 Å². The summed E-state index contributed by atoms with van der Waals surface area (Å²) in [4.78, 5) is 10.1. The van der Waals surface area contributed by atoms with Crippen LogP contribution in [0.25, 0.3) is 55.4 Å². The van der Waals surface area contributed by atoms with E-state index in [0.29, 0.717) is 11.3 Å². The molecule has 0 radical (unpaired) electrons. The highest BCUT2D eigenvalue weighted by atomic mass is 16.7. The highest BCUT2D eigenvalue weighted by Crippen LogP contribution is 2.39. The zero-order chi connectivity index (χ0) is 31.0. The lowest BCUT2D eigenvalue weighted by Crippen LogP contribution is -2.61. The standard InChI is InChI=1S/C36H31BN2O6/c40-20-35(21-41)36(22-42,23-43)45-37(44-35)26-16-14-24(15-17-26)27-18-19-30(29-11-5-4-10-28(27)29)34-38-32-13-7-6-12-31(32)33(39-34)25-8-2-1-3-9-25/h1-19,40-43H,20-23H2. The Morgan fingerprint density at radius 2 is 1.04 bits per heavy atom. The molecule has 0 amide bonds. The van der Waals surface area contributed by atoms with Crippen molar-refractivity contribution in [1.29, 1.82) is 0 Å². The molecule has 0 aliphatic carbocycles. The van der Waals surface area contributed by atoms with Gasteiger partial charge in [0.2, 0.25) is 0 Å². The normalized spacial score (nSPS) is 15.6. The molecule has 1 aliphatic rings. The first-order valence-corrected chi connectivity index (χ1v) is 14.8. The highest BCUT2D eigenvalue weighted by Gasteiger charge is 2.62. The molecule has 1 aromatic heterocycles. The molecule has 6 aromatic rings.